The van der Waals surface area contributed by atoms with Gasteiger partial charge in [0.1, 0.15) is 5.75 Å². The molecule has 2 rings (SSSR count). The minimum Gasteiger partial charge on any atom is -0.496 e. The van der Waals surface area contributed by atoms with Gasteiger partial charge in [0.05, 0.1) is 13.2 Å². The summed E-state index contributed by atoms with van der Waals surface area (Å²) < 4.78 is 5.44. The Labute approximate surface area is 113 Å². The number of nitrogens with zero attached hydrogens (tertiary/aromatic N) is 1. The molecule has 4 heteroatoms. The molecule has 1 atom stereocenters. The molecule has 1 aromatic carbocycles. The molecule has 0 aliphatic rings. The van der Waals surface area contributed by atoms with Crippen molar-refractivity contribution in [2.75, 3.05) is 7.11 Å². The van der Waals surface area contributed by atoms with Crippen molar-refractivity contribution in [3.8, 4) is 5.75 Å². The van der Waals surface area contributed by atoms with E-state index in [1.807, 2.05) is 44.4 Å². The standard InChI is InChI=1S/C15H19N3O/c1-10-4-5-13(14(7-10)19-3)15(18-16)12-6-11(2)8-17-9-12/h4-9,15,18H,16H2,1-3H3. The van der Waals surface area contributed by atoms with Crippen LogP contribution in [0.15, 0.2) is 36.7 Å². The molecule has 4 nitrogen and oxygen atoms in total. The fourth-order valence-corrected chi connectivity index (χ4v) is 2.16. The second-order valence-corrected chi connectivity index (χ2v) is 4.64. The summed E-state index contributed by atoms with van der Waals surface area (Å²) in [6.45, 7) is 4.04. The topological polar surface area (TPSA) is 60.2 Å². The van der Waals surface area contributed by atoms with Crippen LogP contribution in [0.1, 0.15) is 28.3 Å². The predicted molar refractivity (Wildman–Crippen MR) is 75.9 cm³/mol. The monoisotopic (exact) mass is 257 g/mol. The van der Waals surface area contributed by atoms with Crippen molar-refractivity contribution < 1.29 is 4.74 Å². The zero-order valence-corrected chi connectivity index (χ0v) is 11.5. The van der Waals surface area contributed by atoms with Gasteiger partial charge in [-0.2, -0.15) is 0 Å². The molecule has 0 fully saturated rings. The maximum atomic E-state index is 5.72. The highest BCUT2D eigenvalue weighted by molar-refractivity contribution is 5.43. The first-order valence-electron chi connectivity index (χ1n) is 6.18. The number of hydrazine groups is 1. The lowest BCUT2D eigenvalue weighted by molar-refractivity contribution is 0.404. The van der Waals surface area contributed by atoms with Gasteiger partial charge in [-0.05, 0) is 36.6 Å². The smallest absolute Gasteiger partial charge is 0.124 e. The first-order valence-corrected chi connectivity index (χ1v) is 6.18. The van der Waals surface area contributed by atoms with E-state index in [0.29, 0.717) is 0 Å². The van der Waals surface area contributed by atoms with Crippen molar-refractivity contribution in [2.24, 2.45) is 5.84 Å². The Balaban J connectivity index is 2.48. The maximum Gasteiger partial charge on any atom is 0.124 e. The molecule has 1 unspecified atom stereocenters. The van der Waals surface area contributed by atoms with Crippen LogP contribution in [0, 0.1) is 13.8 Å². The molecular weight excluding hydrogens is 238 g/mol. The first kappa shape index (κ1) is 13.5. The fraction of sp³-hybridized carbons (Fsp3) is 0.267. The SMILES string of the molecule is COc1cc(C)ccc1C(NN)c1cncc(C)c1. The Morgan fingerprint density at radius 2 is 1.95 bits per heavy atom. The number of hydrogen-bond acceptors (Lipinski definition) is 4. The van der Waals surface area contributed by atoms with E-state index in [9.17, 15) is 0 Å². The Hall–Kier alpha value is -1.91. The van der Waals surface area contributed by atoms with Crippen LogP contribution in [-0.2, 0) is 0 Å². The van der Waals surface area contributed by atoms with Gasteiger partial charge in [-0.3, -0.25) is 10.8 Å². The third-order valence-electron chi connectivity index (χ3n) is 3.10. The van der Waals surface area contributed by atoms with E-state index in [4.69, 9.17) is 10.6 Å². The van der Waals surface area contributed by atoms with Gasteiger partial charge in [0.2, 0.25) is 0 Å². The van der Waals surface area contributed by atoms with Crippen molar-refractivity contribution in [1.29, 1.82) is 0 Å². The molecule has 100 valence electrons. The number of pyridine rings is 1. The van der Waals surface area contributed by atoms with Gasteiger partial charge >= 0.3 is 0 Å². The number of ether oxygens (including phenoxy) is 1. The Bertz CT molecular complexity index is 569. The number of aryl methyl sites for hydroxylation is 2. The Morgan fingerprint density at radius 3 is 2.58 bits per heavy atom. The third kappa shape index (κ3) is 2.92. The molecule has 0 saturated carbocycles. The lowest BCUT2D eigenvalue weighted by Gasteiger charge is -2.20. The van der Waals surface area contributed by atoms with E-state index < -0.39 is 0 Å². The molecule has 0 aliphatic heterocycles. The van der Waals surface area contributed by atoms with Crippen LogP contribution >= 0.6 is 0 Å². The quantitative estimate of drug-likeness (QED) is 0.651. The van der Waals surface area contributed by atoms with Crippen LogP contribution in [0.25, 0.3) is 0 Å². The maximum absolute atomic E-state index is 5.72. The van der Waals surface area contributed by atoms with Gasteiger partial charge in [0, 0.05) is 18.0 Å². The molecular formula is C15H19N3O. The summed E-state index contributed by atoms with van der Waals surface area (Å²) in [5, 5.41) is 0. The lowest BCUT2D eigenvalue weighted by Crippen LogP contribution is -2.29. The summed E-state index contributed by atoms with van der Waals surface area (Å²) in [6.07, 6.45) is 3.64. The highest BCUT2D eigenvalue weighted by atomic mass is 16.5. The molecule has 19 heavy (non-hydrogen) atoms. The van der Waals surface area contributed by atoms with E-state index >= 15 is 0 Å². The lowest BCUT2D eigenvalue weighted by atomic mass is 9.98. The zero-order valence-electron chi connectivity index (χ0n) is 11.5. The van der Waals surface area contributed by atoms with Gasteiger partial charge in [-0.25, -0.2) is 5.43 Å². The number of hydrogen-bond donors (Lipinski definition) is 2. The average Bonchev–Trinajstić information content (AvgIpc) is 2.41. The number of methoxy groups -OCH3 is 1. The zero-order chi connectivity index (χ0) is 13.8. The minimum atomic E-state index is -0.136. The van der Waals surface area contributed by atoms with Crippen LogP contribution in [0.5, 0.6) is 5.75 Å². The minimum absolute atomic E-state index is 0.136. The normalized spacial score (nSPS) is 12.2. The fourth-order valence-electron chi connectivity index (χ4n) is 2.16. The summed E-state index contributed by atoms with van der Waals surface area (Å²) in [4.78, 5) is 4.22. The van der Waals surface area contributed by atoms with Crippen LogP contribution in [-0.4, -0.2) is 12.1 Å². The van der Waals surface area contributed by atoms with E-state index in [1.54, 1.807) is 7.11 Å². The van der Waals surface area contributed by atoms with Crippen molar-refractivity contribution in [2.45, 2.75) is 19.9 Å². The summed E-state index contributed by atoms with van der Waals surface area (Å²) in [5.41, 5.74) is 7.11. The molecule has 0 bridgehead atoms. The van der Waals surface area contributed by atoms with E-state index in [1.165, 1.54) is 0 Å². The Kier molecular flexibility index (Phi) is 4.14. The Morgan fingerprint density at radius 1 is 1.16 bits per heavy atom. The van der Waals surface area contributed by atoms with Gasteiger partial charge in [-0.15, -0.1) is 0 Å². The van der Waals surface area contributed by atoms with Crippen molar-refractivity contribution in [1.82, 2.24) is 10.4 Å². The van der Waals surface area contributed by atoms with Crippen molar-refractivity contribution in [3.63, 3.8) is 0 Å². The molecule has 1 aromatic heterocycles. The van der Waals surface area contributed by atoms with Crippen LogP contribution < -0.4 is 16.0 Å². The van der Waals surface area contributed by atoms with Crippen LogP contribution in [0.2, 0.25) is 0 Å². The van der Waals surface area contributed by atoms with Gasteiger partial charge in [0.15, 0.2) is 0 Å². The highest BCUT2D eigenvalue weighted by Crippen LogP contribution is 2.30. The molecule has 0 radical (unpaired) electrons. The number of nitrogens with two attached hydrogens (primary N) is 1. The number of benzene rings is 1. The molecule has 0 saturated heterocycles. The van der Waals surface area contributed by atoms with E-state index in [-0.39, 0.29) is 6.04 Å². The largest absolute Gasteiger partial charge is 0.496 e. The summed E-state index contributed by atoms with van der Waals surface area (Å²) >= 11 is 0. The molecule has 0 spiro atoms. The van der Waals surface area contributed by atoms with Gasteiger partial charge in [-0.1, -0.05) is 18.2 Å². The number of rotatable bonds is 4. The number of nitrogens with one attached hydrogen (secondary N) is 1. The molecule has 3 N–H and O–H groups in total. The first-order chi connectivity index (χ1) is 9.15. The molecule has 0 amide bonds. The number of aromatic nitrogens is 1. The predicted octanol–water partition coefficient (Wildman–Crippen LogP) is 2.26. The van der Waals surface area contributed by atoms with Crippen molar-refractivity contribution >= 4 is 0 Å². The summed E-state index contributed by atoms with van der Waals surface area (Å²) in [5.74, 6) is 6.54. The van der Waals surface area contributed by atoms with E-state index in [0.717, 1.165) is 28.0 Å². The van der Waals surface area contributed by atoms with Crippen LogP contribution in [0.3, 0.4) is 0 Å². The van der Waals surface area contributed by atoms with E-state index in [2.05, 4.69) is 16.5 Å². The average molecular weight is 257 g/mol. The van der Waals surface area contributed by atoms with Gasteiger partial charge < -0.3 is 4.74 Å². The summed E-state index contributed by atoms with van der Waals surface area (Å²) in [6, 6.07) is 8.01. The third-order valence-corrected chi connectivity index (χ3v) is 3.10. The molecule has 2 aromatic rings. The van der Waals surface area contributed by atoms with Crippen molar-refractivity contribution in [3.05, 3.63) is 58.9 Å². The molecule has 1 heterocycles. The van der Waals surface area contributed by atoms with Crippen LogP contribution in [0.4, 0.5) is 0 Å². The van der Waals surface area contributed by atoms with Gasteiger partial charge in [0.25, 0.3) is 0 Å². The second-order valence-electron chi connectivity index (χ2n) is 4.64. The highest BCUT2D eigenvalue weighted by Gasteiger charge is 2.17. The molecule has 0 aliphatic carbocycles. The summed E-state index contributed by atoms with van der Waals surface area (Å²) in [7, 11) is 1.67. The second kappa shape index (κ2) is 5.82.